The number of thiocarbonyl (C=S) groups is 1. The van der Waals surface area contributed by atoms with E-state index in [-0.39, 0.29) is 10.8 Å². The summed E-state index contributed by atoms with van der Waals surface area (Å²) < 4.78 is 0. The minimum absolute atomic E-state index is 0.000342. The molecule has 1 N–H and O–H groups in total. The van der Waals surface area contributed by atoms with Crippen LogP contribution in [0.4, 0.5) is 16.2 Å². The number of ketones is 1. The van der Waals surface area contributed by atoms with Gasteiger partial charge in [0, 0.05) is 11.3 Å². The third kappa shape index (κ3) is 1.98. The summed E-state index contributed by atoms with van der Waals surface area (Å²) in [6.07, 6.45) is 0. The van der Waals surface area contributed by atoms with Crippen molar-refractivity contribution in [2.24, 2.45) is 0 Å². The van der Waals surface area contributed by atoms with Gasteiger partial charge in [0.1, 0.15) is 0 Å². The first-order chi connectivity index (χ1) is 9.68. The van der Waals surface area contributed by atoms with E-state index in [2.05, 4.69) is 5.32 Å². The first kappa shape index (κ1) is 12.5. The average Bonchev–Trinajstić information content (AvgIpc) is 2.72. The van der Waals surface area contributed by atoms with Crippen molar-refractivity contribution in [2.45, 2.75) is 0 Å². The van der Waals surface area contributed by atoms with Gasteiger partial charge in [-0.1, -0.05) is 42.5 Å². The van der Waals surface area contributed by atoms with E-state index in [4.69, 9.17) is 12.2 Å². The van der Waals surface area contributed by atoms with Gasteiger partial charge in [-0.15, -0.1) is 0 Å². The Bertz CT molecular complexity index is 713. The van der Waals surface area contributed by atoms with E-state index in [1.807, 2.05) is 18.2 Å². The molecular formula is C15H10N2O2S. The van der Waals surface area contributed by atoms with Crippen molar-refractivity contribution in [3.63, 3.8) is 0 Å². The summed E-state index contributed by atoms with van der Waals surface area (Å²) in [5.41, 5.74) is 1.63. The molecule has 0 unspecified atom stereocenters. The monoisotopic (exact) mass is 282 g/mol. The van der Waals surface area contributed by atoms with E-state index in [9.17, 15) is 9.59 Å². The number of carbonyl (C=O) groups is 2. The van der Waals surface area contributed by atoms with E-state index < -0.39 is 6.03 Å². The molecule has 0 atom stereocenters. The standard InChI is InChI=1S/C15H10N2O2S/c18-13-11-8-4-5-9-12(11)17(14(13)20)15(19)16-10-6-2-1-3-7-10/h1-9H,(H,16,19). The highest BCUT2D eigenvalue weighted by molar-refractivity contribution is 7.82. The smallest absolute Gasteiger partial charge is 0.307 e. The minimum Gasteiger partial charge on any atom is -0.307 e. The van der Waals surface area contributed by atoms with Crippen molar-refractivity contribution >= 4 is 40.4 Å². The number of rotatable bonds is 1. The first-order valence-corrected chi connectivity index (χ1v) is 6.43. The van der Waals surface area contributed by atoms with Gasteiger partial charge in [-0.2, -0.15) is 0 Å². The normalized spacial score (nSPS) is 13.3. The number of amides is 2. The van der Waals surface area contributed by atoms with E-state index >= 15 is 0 Å². The minimum atomic E-state index is -0.431. The summed E-state index contributed by atoms with van der Waals surface area (Å²) in [5, 5.41) is 2.72. The van der Waals surface area contributed by atoms with Crippen LogP contribution in [0.2, 0.25) is 0 Å². The van der Waals surface area contributed by atoms with Crippen molar-refractivity contribution < 1.29 is 9.59 Å². The van der Waals surface area contributed by atoms with Crippen LogP contribution in [-0.4, -0.2) is 16.8 Å². The highest BCUT2D eigenvalue weighted by Crippen LogP contribution is 2.29. The van der Waals surface area contributed by atoms with Crippen LogP contribution in [0.1, 0.15) is 10.4 Å². The van der Waals surface area contributed by atoms with Gasteiger partial charge < -0.3 is 5.32 Å². The topological polar surface area (TPSA) is 49.4 Å². The third-order valence-electron chi connectivity index (χ3n) is 3.02. The summed E-state index contributed by atoms with van der Waals surface area (Å²) in [4.78, 5) is 25.5. The zero-order chi connectivity index (χ0) is 14.1. The predicted octanol–water partition coefficient (Wildman–Crippen LogP) is 3.25. The predicted molar refractivity (Wildman–Crippen MR) is 81.3 cm³/mol. The fourth-order valence-corrected chi connectivity index (χ4v) is 2.38. The summed E-state index contributed by atoms with van der Waals surface area (Å²) in [6.45, 7) is 0. The number of para-hydroxylation sites is 2. The number of nitrogens with zero attached hydrogens (tertiary/aromatic N) is 1. The second kappa shape index (κ2) is 4.86. The lowest BCUT2D eigenvalue weighted by Crippen LogP contribution is -2.38. The summed E-state index contributed by atoms with van der Waals surface area (Å²) in [5.74, 6) is -0.293. The molecule has 0 aromatic heterocycles. The molecule has 0 saturated heterocycles. The molecule has 0 saturated carbocycles. The maximum absolute atomic E-state index is 12.3. The van der Waals surface area contributed by atoms with Gasteiger partial charge in [0.25, 0.3) is 0 Å². The van der Waals surface area contributed by atoms with Gasteiger partial charge in [0.05, 0.1) is 5.69 Å². The Morgan fingerprint density at radius 1 is 1.00 bits per heavy atom. The average molecular weight is 282 g/mol. The second-order valence-corrected chi connectivity index (χ2v) is 4.67. The van der Waals surface area contributed by atoms with Crippen LogP contribution in [-0.2, 0) is 0 Å². The molecule has 2 aromatic carbocycles. The molecule has 5 heteroatoms. The second-order valence-electron chi connectivity index (χ2n) is 4.28. The highest BCUT2D eigenvalue weighted by Gasteiger charge is 2.36. The lowest BCUT2D eigenvalue weighted by atomic mass is 10.1. The Morgan fingerprint density at radius 3 is 2.40 bits per heavy atom. The number of benzene rings is 2. The molecule has 2 amide bonds. The quantitative estimate of drug-likeness (QED) is 0.817. The Hall–Kier alpha value is -2.53. The number of Topliss-reactive ketones (excluding diaryl/α,β-unsaturated/α-hetero) is 1. The van der Waals surface area contributed by atoms with Gasteiger partial charge in [0.2, 0.25) is 5.78 Å². The maximum atomic E-state index is 12.3. The molecule has 4 nitrogen and oxygen atoms in total. The molecule has 1 aliphatic rings. The lowest BCUT2D eigenvalue weighted by molar-refractivity contribution is 0.107. The van der Waals surface area contributed by atoms with E-state index in [0.29, 0.717) is 16.9 Å². The van der Waals surface area contributed by atoms with Crippen LogP contribution in [0.3, 0.4) is 0 Å². The van der Waals surface area contributed by atoms with Gasteiger partial charge in [0.15, 0.2) is 4.99 Å². The Labute approximate surface area is 121 Å². The molecule has 20 heavy (non-hydrogen) atoms. The Balaban J connectivity index is 1.93. The van der Waals surface area contributed by atoms with Gasteiger partial charge in [-0.3, -0.25) is 4.79 Å². The van der Waals surface area contributed by atoms with Crippen molar-refractivity contribution in [2.75, 3.05) is 10.2 Å². The molecule has 98 valence electrons. The largest absolute Gasteiger partial charge is 0.331 e. The van der Waals surface area contributed by atoms with E-state index in [0.717, 1.165) is 0 Å². The number of nitrogens with one attached hydrogen (secondary N) is 1. The number of hydrogen-bond acceptors (Lipinski definition) is 3. The molecule has 1 heterocycles. The summed E-state index contributed by atoms with van der Waals surface area (Å²) in [6, 6.07) is 15.5. The van der Waals surface area contributed by atoms with Crippen molar-refractivity contribution in [3.8, 4) is 0 Å². The van der Waals surface area contributed by atoms with Crippen LogP contribution in [0, 0.1) is 0 Å². The fraction of sp³-hybridized carbons (Fsp3) is 0. The fourth-order valence-electron chi connectivity index (χ4n) is 2.09. The van der Waals surface area contributed by atoms with E-state index in [1.54, 1.807) is 36.4 Å². The molecule has 0 bridgehead atoms. The molecular weight excluding hydrogens is 272 g/mol. The van der Waals surface area contributed by atoms with Crippen LogP contribution >= 0.6 is 12.2 Å². The molecule has 2 aromatic rings. The molecule has 0 radical (unpaired) electrons. The third-order valence-corrected chi connectivity index (χ3v) is 3.38. The molecule has 1 aliphatic heterocycles. The zero-order valence-electron chi connectivity index (χ0n) is 10.4. The van der Waals surface area contributed by atoms with Gasteiger partial charge >= 0.3 is 6.03 Å². The Morgan fingerprint density at radius 2 is 1.65 bits per heavy atom. The van der Waals surface area contributed by atoms with Crippen LogP contribution < -0.4 is 10.2 Å². The zero-order valence-corrected chi connectivity index (χ0v) is 11.2. The van der Waals surface area contributed by atoms with Crippen LogP contribution in [0.5, 0.6) is 0 Å². The van der Waals surface area contributed by atoms with E-state index in [1.165, 1.54) is 4.90 Å². The number of carbonyl (C=O) groups excluding carboxylic acids is 2. The van der Waals surface area contributed by atoms with Crippen molar-refractivity contribution in [1.82, 2.24) is 0 Å². The maximum Gasteiger partial charge on any atom is 0.331 e. The molecule has 0 spiro atoms. The number of anilines is 2. The number of hydrogen-bond donors (Lipinski definition) is 1. The van der Waals surface area contributed by atoms with Crippen molar-refractivity contribution in [1.29, 1.82) is 0 Å². The number of urea groups is 1. The van der Waals surface area contributed by atoms with Crippen molar-refractivity contribution in [3.05, 3.63) is 60.2 Å². The summed E-state index contributed by atoms with van der Waals surface area (Å²) in [7, 11) is 0. The highest BCUT2D eigenvalue weighted by atomic mass is 32.1. The Kier molecular flexibility index (Phi) is 3.04. The first-order valence-electron chi connectivity index (χ1n) is 6.02. The van der Waals surface area contributed by atoms with Crippen LogP contribution in [0.25, 0.3) is 0 Å². The lowest BCUT2D eigenvalue weighted by Gasteiger charge is -2.17. The molecule has 3 rings (SSSR count). The SMILES string of the molecule is O=C1C(=S)N(C(=O)Nc2ccccc2)c2ccccc21. The van der Waals surface area contributed by atoms with Gasteiger partial charge in [-0.25, -0.2) is 9.69 Å². The number of fused-ring (bicyclic) bond motifs is 1. The summed E-state index contributed by atoms with van der Waals surface area (Å²) >= 11 is 5.08. The van der Waals surface area contributed by atoms with Crippen LogP contribution in [0.15, 0.2) is 54.6 Å². The molecule has 0 aliphatic carbocycles. The molecule has 0 fully saturated rings. The van der Waals surface area contributed by atoms with Gasteiger partial charge in [-0.05, 0) is 24.3 Å².